The molecule has 0 fully saturated rings. The zero-order valence-corrected chi connectivity index (χ0v) is 7.21. The number of hydrogen-bond donors (Lipinski definition) is 1. The number of aromatic hydroxyl groups is 1. The van der Waals surface area contributed by atoms with Gasteiger partial charge in [-0.1, -0.05) is 27.7 Å². The molecule has 0 aliphatic rings. The van der Waals surface area contributed by atoms with Gasteiger partial charge in [0.15, 0.2) is 0 Å². The third kappa shape index (κ3) is 2.15. The molecule has 0 atom stereocenters. The van der Waals surface area contributed by atoms with E-state index in [4.69, 9.17) is 5.11 Å². The summed E-state index contributed by atoms with van der Waals surface area (Å²) in [7, 11) is 3.32. The summed E-state index contributed by atoms with van der Waals surface area (Å²) in [5.74, 6) is 0.332. The van der Waals surface area contributed by atoms with Crippen LogP contribution < -0.4 is 0 Å². The number of hydrogen-bond acceptors (Lipinski definition) is 3. The van der Waals surface area contributed by atoms with E-state index in [-0.39, 0.29) is 0 Å². The average Bonchev–Trinajstić information content (AvgIpc) is 1.88. The molecular weight excluding hydrogens is 164 g/mol. The lowest BCUT2D eigenvalue weighted by atomic mass is 10.3. The summed E-state index contributed by atoms with van der Waals surface area (Å²) < 4.78 is 0. The highest BCUT2D eigenvalue weighted by molar-refractivity contribution is 8.76. The average molecular weight is 172 g/mol. The molecule has 0 bridgehead atoms. The minimum atomic E-state index is 0.332. The third-order valence-corrected chi connectivity index (χ3v) is 2.69. The van der Waals surface area contributed by atoms with E-state index >= 15 is 0 Å². The van der Waals surface area contributed by atoms with Gasteiger partial charge in [0.1, 0.15) is 5.75 Å². The van der Waals surface area contributed by atoms with E-state index in [0.29, 0.717) is 5.75 Å². The Morgan fingerprint density at radius 1 is 1.40 bits per heavy atom. The van der Waals surface area contributed by atoms with E-state index < -0.39 is 0 Å². The van der Waals surface area contributed by atoms with Crippen molar-refractivity contribution in [1.29, 1.82) is 0 Å². The predicted molar refractivity (Wildman–Crippen MR) is 47.5 cm³/mol. The molecule has 10 heavy (non-hydrogen) atoms. The quantitative estimate of drug-likeness (QED) is 0.693. The van der Waals surface area contributed by atoms with Crippen molar-refractivity contribution < 1.29 is 5.11 Å². The van der Waals surface area contributed by atoms with Gasteiger partial charge in [0.2, 0.25) is 0 Å². The van der Waals surface area contributed by atoms with Crippen molar-refractivity contribution in [3.05, 3.63) is 24.3 Å². The lowest BCUT2D eigenvalue weighted by Crippen LogP contribution is -1.66. The van der Waals surface area contributed by atoms with Gasteiger partial charge in [-0.2, -0.15) is 0 Å². The van der Waals surface area contributed by atoms with Crippen molar-refractivity contribution in [3.8, 4) is 5.75 Å². The SMILES string of the molecule is CSSc1cccc(O)c1. The molecule has 0 radical (unpaired) electrons. The van der Waals surface area contributed by atoms with E-state index in [9.17, 15) is 0 Å². The Hall–Kier alpha value is -0.280. The molecule has 0 aliphatic carbocycles. The summed E-state index contributed by atoms with van der Waals surface area (Å²) in [5, 5.41) is 9.02. The molecule has 1 aromatic carbocycles. The molecule has 0 heterocycles. The molecule has 1 nitrogen and oxygen atoms in total. The van der Waals surface area contributed by atoms with Crippen LogP contribution in [-0.4, -0.2) is 11.4 Å². The van der Waals surface area contributed by atoms with E-state index in [2.05, 4.69) is 0 Å². The normalized spacial score (nSPS) is 9.70. The summed E-state index contributed by atoms with van der Waals surface area (Å²) in [6.45, 7) is 0. The van der Waals surface area contributed by atoms with Crippen molar-refractivity contribution in [1.82, 2.24) is 0 Å². The molecular formula is C7H8OS2. The topological polar surface area (TPSA) is 20.2 Å². The summed E-state index contributed by atoms with van der Waals surface area (Å²) in [6, 6.07) is 7.24. The molecule has 0 aliphatic heterocycles. The Morgan fingerprint density at radius 2 is 2.20 bits per heavy atom. The highest BCUT2D eigenvalue weighted by Gasteiger charge is 1.91. The Bertz CT molecular complexity index is 213. The highest BCUT2D eigenvalue weighted by atomic mass is 33.1. The molecule has 0 aromatic heterocycles. The van der Waals surface area contributed by atoms with E-state index in [1.165, 1.54) is 0 Å². The van der Waals surface area contributed by atoms with Gasteiger partial charge in [0, 0.05) is 4.90 Å². The maximum Gasteiger partial charge on any atom is 0.116 e. The second-order valence-electron chi connectivity index (χ2n) is 1.75. The first-order valence-corrected chi connectivity index (χ1v) is 5.38. The molecule has 0 amide bonds. The van der Waals surface area contributed by atoms with E-state index in [1.54, 1.807) is 33.7 Å². The lowest BCUT2D eigenvalue weighted by Gasteiger charge is -1.96. The molecule has 0 unspecified atom stereocenters. The summed E-state index contributed by atoms with van der Waals surface area (Å²) >= 11 is 0. The first-order valence-electron chi connectivity index (χ1n) is 2.82. The van der Waals surface area contributed by atoms with Crippen LogP contribution in [0.5, 0.6) is 5.75 Å². The second-order valence-corrected chi connectivity index (χ2v) is 4.22. The fraction of sp³-hybridized carbons (Fsp3) is 0.143. The van der Waals surface area contributed by atoms with Gasteiger partial charge in [-0.15, -0.1) is 0 Å². The Balaban J connectivity index is 2.75. The molecule has 54 valence electrons. The van der Waals surface area contributed by atoms with Gasteiger partial charge in [0.05, 0.1) is 0 Å². The van der Waals surface area contributed by atoms with Crippen LogP contribution in [0.15, 0.2) is 29.2 Å². The zero-order valence-electron chi connectivity index (χ0n) is 5.57. The monoisotopic (exact) mass is 172 g/mol. The van der Waals surface area contributed by atoms with Crippen LogP contribution in [0.1, 0.15) is 0 Å². The van der Waals surface area contributed by atoms with Gasteiger partial charge in [0.25, 0.3) is 0 Å². The lowest BCUT2D eigenvalue weighted by molar-refractivity contribution is 0.474. The highest BCUT2D eigenvalue weighted by Crippen LogP contribution is 2.29. The van der Waals surface area contributed by atoms with Crippen molar-refractivity contribution in [2.45, 2.75) is 4.90 Å². The number of phenols is 1. The van der Waals surface area contributed by atoms with Crippen LogP contribution in [0.2, 0.25) is 0 Å². The van der Waals surface area contributed by atoms with Crippen LogP contribution in [0, 0.1) is 0 Å². The van der Waals surface area contributed by atoms with Crippen LogP contribution >= 0.6 is 21.6 Å². The summed E-state index contributed by atoms with van der Waals surface area (Å²) in [6.07, 6.45) is 2.01. The maximum absolute atomic E-state index is 9.02. The van der Waals surface area contributed by atoms with Crippen molar-refractivity contribution in [2.75, 3.05) is 6.26 Å². The largest absolute Gasteiger partial charge is 0.508 e. The Morgan fingerprint density at radius 3 is 2.80 bits per heavy atom. The Labute approximate surface area is 68.2 Å². The van der Waals surface area contributed by atoms with Gasteiger partial charge < -0.3 is 5.11 Å². The molecule has 1 rings (SSSR count). The number of phenolic OH excluding ortho intramolecular Hbond substituents is 1. The second kappa shape index (κ2) is 3.78. The molecule has 1 N–H and O–H groups in total. The van der Waals surface area contributed by atoms with Crippen LogP contribution in [0.3, 0.4) is 0 Å². The fourth-order valence-corrected chi connectivity index (χ4v) is 2.02. The molecule has 3 heteroatoms. The molecule has 0 saturated carbocycles. The number of benzene rings is 1. The predicted octanol–water partition coefficient (Wildman–Crippen LogP) is 2.76. The molecule has 0 saturated heterocycles. The van der Waals surface area contributed by atoms with Crippen LogP contribution in [0.4, 0.5) is 0 Å². The van der Waals surface area contributed by atoms with Gasteiger partial charge >= 0.3 is 0 Å². The smallest absolute Gasteiger partial charge is 0.116 e. The van der Waals surface area contributed by atoms with Crippen LogP contribution in [-0.2, 0) is 0 Å². The first kappa shape index (κ1) is 7.82. The maximum atomic E-state index is 9.02. The van der Waals surface area contributed by atoms with E-state index in [1.807, 2.05) is 18.4 Å². The van der Waals surface area contributed by atoms with Gasteiger partial charge in [-0.25, -0.2) is 0 Å². The standard InChI is InChI=1S/C7H8OS2/c1-9-10-7-4-2-3-6(8)5-7/h2-5,8H,1H3. The van der Waals surface area contributed by atoms with E-state index in [0.717, 1.165) is 4.90 Å². The molecule has 1 aromatic rings. The van der Waals surface area contributed by atoms with Gasteiger partial charge in [-0.3, -0.25) is 0 Å². The summed E-state index contributed by atoms with van der Waals surface area (Å²) in [4.78, 5) is 1.09. The van der Waals surface area contributed by atoms with Gasteiger partial charge in [-0.05, 0) is 24.5 Å². The minimum absolute atomic E-state index is 0.332. The fourth-order valence-electron chi connectivity index (χ4n) is 0.632. The van der Waals surface area contributed by atoms with Crippen LogP contribution in [0.25, 0.3) is 0 Å². The minimum Gasteiger partial charge on any atom is -0.508 e. The first-order chi connectivity index (χ1) is 4.83. The Kier molecular flexibility index (Phi) is 2.96. The number of rotatable bonds is 2. The third-order valence-electron chi connectivity index (χ3n) is 0.997. The van der Waals surface area contributed by atoms with Crippen molar-refractivity contribution in [2.24, 2.45) is 0 Å². The van der Waals surface area contributed by atoms with Crippen molar-refractivity contribution in [3.63, 3.8) is 0 Å². The zero-order chi connectivity index (χ0) is 7.40. The molecule has 0 spiro atoms. The van der Waals surface area contributed by atoms with Crippen molar-refractivity contribution >= 4 is 21.6 Å². The summed E-state index contributed by atoms with van der Waals surface area (Å²) in [5.41, 5.74) is 0.